The average Bonchev–Trinajstić information content (AvgIpc) is 2.97. The second-order valence-electron chi connectivity index (χ2n) is 5.44. The van der Waals surface area contributed by atoms with Crippen molar-refractivity contribution in [2.45, 2.75) is 26.3 Å². The number of pyridine rings is 1. The van der Waals surface area contributed by atoms with Crippen LogP contribution in [0.4, 0.5) is 0 Å². The number of rotatable bonds is 2. The van der Waals surface area contributed by atoms with Crippen LogP contribution in [0.15, 0.2) is 41.9 Å². The summed E-state index contributed by atoms with van der Waals surface area (Å²) < 4.78 is 0. The lowest BCUT2D eigenvalue weighted by molar-refractivity contribution is 0.0361. The van der Waals surface area contributed by atoms with E-state index in [-0.39, 0.29) is 11.6 Å². The van der Waals surface area contributed by atoms with Gasteiger partial charge in [0, 0.05) is 6.20 Å². The lowest BCUT2D eigenvalue weighted by Crippen LogP contribution is -2.55. The number of nitrogens with zero attached hydrogens (tertiary/aromatic N) is 2. The monoisotopic (exact) mass is 303 g/mol. The van der Waals surface area contributed by atoms with E-state index in [1.165, 1.54) is 22.5 Å². The molecule has 1 N–H and O–H groups in total. The summed E-state index contributed by atoms with van der Waals surface area (Å²) in [4.78, 5) is 29.3. The van der Waals surface area contributed by atoms with Gasteiger partial charge in [0.25, 0.3) is 11.8 Å². The normalized spacial score (nSPS) is 11.0. The molecule has 5 nitrogen and oxygen atoms in total. The van der Waals surface area contributed by atoms with Gasteiger partial charge >= 0.3 is 0 Å². The van der Waals surface area contributed by atoms with Gasteiger partial charge in [-0.2, -0.15) is 0 Å². The van der Waals surface area contributed by atoms with Gasteiger partial charge in [-0.15, -0.1) is 11.3 Å². The van der Waals surface area contributed by atoms with E-state index < -0.39 is 11.4 Å². The number of carbonyl (C=O) groups is 2. The second-order valence-corrected chi connectivity index (χ2v) is 6.39. The molecule has 0 saturated heterocycles. The van der Waals surface area contributed by atoms with E-state index in [2.05, 4.69) is 10.4 Å². The maximum Gasteiger partial charge on any atom is 0.288 e. The van der Waals surface area contributed by atoms with E-state index in [0.29, 0.717) is 4.88 Å². The van der Waals surface area contributed by atoms with Gasteiger partial charge in [0.1, 0.15) is 5.69 Å². The summed E-state index contributed by atoms with van der Waals surface area (Å²) in [5.41, 5.74) is 2.37. The van der Waals surface area contributed by atoms with Gasteiger partial charge in [-0.25, -0.2) is 5.01 Å². The number of nitrogens with one attached hydrogen (secondary N) is 1. The van der Waals surface area contributed by atoms with Crippen molar-refractivity contribution in [2.24, 2.45) is 0 Å². The molecule has 6 heteroatoms. The summed E-state index contributed by atoms with van der Waals surface area (Å²) in [5.74, 6) is -0.641. The van der Waals surface area contributed by atoms with Crippen molar-refractivity contribution < 1.29 is 9.59 Å². The molecule has 0 bridgehead atoms. The second kappa shape index (κ2) is 6.05. The lowest BCUT2D eigenvalue weighted by Gasteiger charge is -2.35. The van der Waals surface area contributed by atoms with Crippen molar-refractivity contribution in [3.8, 4) is 0 Å². The summed E-state index contributed by atoms with van der Waals surface area (Å²) in [5, 5.41) is 3.17. The SMILES string of the molecule is CC(C)(C)N(NC(=O)c1ccccn1)C(=O)c1cccs1. The van der Waals surface area contributed by atoms with E-state index in [1.54, 1.807) is 30.3 Å². The summed E-state index contributed by atoms with van der Waals surface area (Å²) in [6, 6.07) is 8.60. The van der Waals surface area contributed by atoms with Gasteiger partial charge in [0.15, 0.2) is 0 Å². The molecule has 2 aromatic heterocycles. The molecule has 2 amide bonds. The minimum Gasteiger partial charge on any atom is -0.266 e. The van der Waals surface area contributed by atoms with E-state index in [4.69, 9.17) is 0 Å². The Morgan fingerprint density at radius 1 is 1.19 bits per heavy atom. The Hall–Kier alpha value is -2.21. The summed E-state index contributed by atoms with van der Waals surface area (Å²) in [6.45, 7) is 5.58. The van der Waals surface area contributed by atoms with Gasteiger partial charge in [-0.05, 0) is 44.4 Å². The summed E-state index contributed by atoms with van der Waals surface area (Å²) in [7, 11) is 0. The lowest BCUT2D eigenvalue weighted by atomic mass is 10.1. The number of carbonyl (C=O) groups excluding carboxylic acids is 2. The molecule has 2 aromatic rings. The van der Waals surface area contributed by atoms with Crippen LogP contribution >= 0.6 is 11.3 Å². The minimum atomic E-state index is -0.550. The van der Waals surface area contributed by atoms with Crippen molar-refractivity contribution in [1.29, 1.82) is 0 Å². The molecule has 0 aliphatic rings. The topological polar surface area (TPSA) is 62.3 Å². The van der Waals surface area contributed by atoms with Crippen LogP contribution in [0.3, 0.4) is 0 Å². The molecule has 0 radical (unpaired) electrons. The molecule has 0 saturated carbocycles. The first-order valence-electron chi connectivity index (χ1n) is 6.49. The number of aromatic nitrogens is 1. The molecule has 2 rings (SSSR count). The van der Waals surface area contributed by atoms with Crippen molar-refractivity contribution in [2.75, 3.05) is 0 Å². The Kier molecular flexibility index (Phi) is 4.37. The zero-order chi connectivity index (χ0) is 15.5. The Morgan fingerprint density at radius 3 is 2.48 bits per heavy atom. The largest absolute Gasteiger partial charge is 0.288 e. The van der Waals surface area contributed by atoms with Gasteiger partial charge in [-0.3, -0.25) is 20.0 Å². The average molecular weight is 303 g/mol. The predicted molar refractivity (Wildman–Crippen MR) is 81.9 cm³/mol. The van der Waals surface area contributed by atoms with Crippen LogP contribution in [0, 0.1) is 0 Å². The standard InChI is InChI=1S/C15H17N3O2S/c1-15(2,3)18(14(20)12-8-6-10-21-12)17-13(19)11-7-4-5-9-16-11/h4-10H,1-3H3,(H,17,19). The van der Waals surface area contributed by atoms with Gasteiger partial charge in [-0.1, -0.05) is 12.1 Å². The number of thiophene rings is 1. The van der Waals surface area contributed by atoms with Crippen LogP contribution in [0.5, 0.6) is 0 Å². The minimum absolute atomic E-state index is 0.234. The van der Waals surface area contributed by atoms with Crippen molar-refractivity contribution in [1.82, 2.24) is 15.4 Å². The fourth-order valence-corrected chi connectivity index (χ4v) is 2.34. The first-order chi connectivity index (χ1) is 9.89. The third-order valence-electron chi connectivity index (χ3n) is 2.72. The summed E-state index contributed by atoms with van der Waals surface area (Å²) in [6.07, 6.45) is 1.54. The number of amides is 2. The van der Waals surface area contributed by atoms with Crippen molar-refractivity contribution in [3.05, 3.63) is 52.5 Å². The first kappa shape index (κ1) is 15.2. The zero-order valence-corrected chi connectivity index (χ0v) is 13.0. The fourth-order valence-electron chi connectivity index (χ4n) is 1.69. The quantitative estimate of drug-likeness (QED) is 0.868. The van der Waals surface area contributed by atoms with Crippen molar-refractivity contribution in [3.63, 3.8) is 0 Å². The Labute approximate surface area is 127 Å². The molecular weight excluding hydrogens is 286 g/mol. The zero-order valence-electron chi connectivity index (χ0n) is 12.2. The van der Waals surface area contributed by atoms with E-state index in [9.17, 15) is 9.59 Å². The van der Waals surface area contributed by atoms with Crippen LogP contribution in [-0.2, 0) is 0 Å². The van der Waals surface area contributed by atoms with Crippen LogP contribution in [0.1, 0.15) is 40.9 Å². The molecular formula is C15H17N3O2S. The maximum absolute atomic E-state index is 12.5. The van der Waals surface area contributed by atoms with E-state index in [1.807, 2.05) is 26.2 Å². The third-order valence-corrected chi connectivity index (χ3v) is 3.57. The highest BCUT2D eigenvalue weighted by Gasteiger charge is 2.30. The van der Waals surface area contributed by atoms with E-state index >= 15 is 0 Å². The number of hydrazine groups is 1. The smallest absolute Gasteiger partial charge is 0.266 e. The third kappa shape index (κ3) is 3.66. The van der Waals surface area contributed by atoms with Gasteiger partial charge in [0.05, 0.1) is 10.4 Å². The van der Waals surface area contributed by atoms with Crippen LogP contribution in [0.25, 0.3) is 0 Å². The molecule has 21 heavy (non-hydrogen) atoms. The molecule has 0 aliphatic carbocycles. The number of hydrogen-bond donors (Lipinski definition) is 1. The molecule has 0 unspecified atom stereocenters. The van der Waals surface area contributed by atoms with Crippen LogP contribution < -0.4 is 5.43 Å². The molecule has 110 valence electrons. The van der Waals surface area contributed by atoms with Crippen LogP contribution in [0.2, 0.25) is 0 Å². The predicted octanol–water partition coefficient (Wildman–Crippen LogP) is 2.73. The summed E-state index contributed by atoms with van der Waals surface area (Å²) >= 11 is 1.34. The highest BCUT2D eigenvalue weighted by atomic mass is 32.1. The molecule has 0 spiro atoms. The first-order valence-corrected chi connectivity index (χ1v) is 7.37. The van der Waals surface area contributed by atoms with Gasteiger partial charge < -0.3 is 0 Å². The molecule has 2 heterocycles. The molecule has 0 aliphatic heterocycles. The Morgan fingerprint density at radius 2 is 1.95 bits per heavy atom. The number of hydrogen-bond acceptors (Lipinski definition) is 4. The Balaban J connectivity index is 2.22. The fraction of sp³-hybridized carbons (Fsp3) is 0.267. The van der Waals surface area contributed by atoms with Crippen LogP contribution in [-0.4, -0.2) is 27.3 Å². The highest BCUT2D eigenvalue weighted by molar-refractivity contribution is 7.12. The van der Waals surface area contributed by atoms with E-state index in [0.717, 1.165) is 0 Å². The van der Waals surface area contributed by atoms with Gasteiger partial charge in [0.2, 0.25) is 0 Å². The molecule has 0 aromatic carbocycles. The highest BCUT2D eigenvalue weighted by Crippen LogP contribution is 2.18. The van der Waals surface area contributed by atoms with Crippen molar-refractivity contribution >= 4 is 23.2 Å². The maximum atomic E-state index is 12.5. The molecule has 0 fully saturated rings. The molecule has 0 atom stereocenters. The Bertz CT molecular complexity index is 618.